The van der Waals surface area contributed by atoms with E-state index in [-0.39, 0.29) is 18.2 Å². The Labute approximate surface area is 166 Å². The summed E-state index contributed by atoms with van der Waals surface area (Å²) in [6.45, 7) is 1.89. The van der Waals surface area contributed by atoms with Gasteiger partial charge in [-0.05, 0) is 30.7 Å². The van der Waals surface area contributed by atoms with Gasteiger partial charge in [-0.25, -0.2) is 4.79 Å². The number of nitrogens with one attached hydrogen (secondary N) is 1. The van der Waals surface area contributed by atoms with E-state index in [9.17, 15) is 9.59 Å². The average molecular weight is 393 g/mol. The Bertz CT molecular complexity index is 1070. The number of carbonyl (C=O) groups is 2. The fourth-order valence-corrected chi connectivity index (χ4v) is 3.50. The number of rotatable bonds is 4. The number of methoxy groups -OCH3 is 2. The number of aryl methyl sites for hydroxylation is 1. The number of anilines is 1. The van der Waals surface area contributed by atoms with E-state index in [1.54, 1.807) is 28.9 Å². The third-order valence-corrected chi connectivity index (χ3v) is 4.89. The predicted octanol–water partition coefficient (Wildman–Crippen LogP) is 2.24. The fourth-order valence-electron chi connectivity index (χ4n) is 3.50. The lowest BCUT2D eigenvalue weighted by atomic mass is 9.85. The van der Waals surface area contributed by atoms with Gasteiger partial charge in [0.2, 0.25) is 11.8 Å². The summed E-state index contributed by atoms with van der Waals surface area (Å²) < 4.78 is 11.4. The van der Waals surface area contributed by atoms with E-state index in [0.717, 1.165) is 16.8 Å². The van der Waals surface area contributed by atoms with Gasteiger partial charge < -0.3 is 14.8 Å². The lowest BCUT2D eigenvalue weighted by molar-refractivity contribution is -0.116. The molecular weight excluding hydrogens is 374 g/mol. The minimum Gasteiger partial charge on any atom is -0.480 e. The molecule has 148 valence electrons. The predicted molar refractivity (Wildman–Crippen MR) is 103 cm³/mol. The van der Waals surface area contributed by atoms with Crippen LogP contribution in [0.25, 0.3) is 5.82 Å². The summed E-state index contributed by atoms with van der Waals surface area (Å²) in [5.41, 5.74) is 3.06. The SMILES string of the molecule is COC(=O)c1ccc(C2CC(=O)Nc3c2c(C)nn3-c2ccc(OC)nn2)cc1. The van der Waals surface area contributed by atoms with Gasteiger partial charge in [0, 0.05) is 24.0 Å². The molecule has 0 aliphatic carbocycles. The molecule has 1 aliphatic heterocycles. The highest BCUT2D eigenvalue weighted by molar-refractivity contribution is 5.95. The molecule has 29 heavy (non-hydrogen) atoms. The number of hydrogen-bond donors (Lipinski definition) is 1. The summed E-state index contributed by atoms with van der Waals surface area (Å²) in [7, 11) is 2.85. The molecule has 0 radical (unpaired) electrons. The van der Waals surface area contributed by atoms with Gasteiger partial charge in [0.05, 0.1) is 25.5 Å². The van der Waals surface area contributed by atoms with Crippen molar-refractivity contribution in [3.05, 3.63) is 58.8 Å². The first kappa shape index (κ1) is 18.6. The molecular formula is C20H19N5O4. The van der Waals surface area contributed by atoms with Crippen LogP contribution in [-0.4, -0.2) is 46.1 Å². The van der Waals surface area contributed by atoms with Crippen LogP contribution in [0.2, 0.25) is 0 Å². The Hall–Kier alpha value is -3.75. The zero-order chi connectivity index (χ0) is 20.5. The van der Waals surface area contributed by atoms with Gasteiger partial charge in [-0.2, -0.15) is 9.78 Å². The van der Waals surface area contributed by atoms with E-state index in [1.807, 2.05) is 19.1 Å². The van der Waals surface area contributed by atoms with Crippen LogP contribution < -0.4 is 10.1 Å². The zero-order valence-corrected chi connectivity index (χ0v) is 16.2. The van der Waals surface area contributed by atoms with Crippen LogP contribution >= 0.6 is 0 Å². The molecule has 1 N–H and O–H groups in total. The molecule has 3 aromatic rings. The van der Waals surface area contributed by atoms with Gasteiger partial charge in [0.25, 0.3) is 0 Å². The van der Waals surface area contributed by atoms with Crippen molar-refractivity contribution in [1.82, 2.24) is 20.0 Å². The van der Waals surface area contributed by atoms with E-state index in [1.165, 1.54) is 14.2 Å². The van der Waals surface area contributed by atoms with Gasteiger partial charge in [0.1, 0.15) is 5.82 Å². The lowest BCUT2D eigenvalue weighted by Crippen LogP contribution is -2.25. The topological polar surface area (TPSA) is 108 Å². The maximum Gasteiger partial charge on any atom is 0.337 e. The monoisotopic (exact) mass is 393 g/mol. The number of fused-ring (bicyclic) bond motifs is 1. The second kappa shape index (κ2) is 7.34. The van der Waals surface area contributed by atoms with E-state index in [2.05, 4.69) is 20.6 Å². The van der Waals surface area contributed by atoms with Crippen LogP contribution in [0.5, 0.6) is 5.88 Å². The minimum absolute atomic E-state index is 0.123. The van der Waals surface area contributed by atoms with E-state index < -0.39 is 5.97 Å². The molecule has 0 saturated carbocycles. The molecule has 0 bridgehead atoms. The third kappa shape index (κ3) is 3.31. The Morgan fingerprint density at radius 1 is 1.14 bits per heavy atom. The van der Waals surface area contributed by atoms with Gasteiger partial charge in [-0.1, -0.05) is 12.1 Å². The number of hydrogen-bond acceptors (Lipinski definition) is 7. The molecule has 1 aromatic carbocycles. The summed E-state index contributed by atoms with van der Waals surface area (Å²) in [6, 6.07) is 10.5. The third-order valence-electron chi connectivity index (χ3n) is 4.89. The van der Waals surface area contributed by atoms with Gasteiger partial charge in [-0.15, -0.1) is 10.2 Å². The number of nitrogens with zero attached hydrogens (tertiary/aromatic N) is 4. The molecule has 1 aliphatic rings. The summed E-state index contributed by atoms with van der Waals surface area (Å²) >= 11 is 0. The molecule has 9 heteroatoms. The first-order valence-electron chi connectivity index (χ1n) is 8.97. The molecule has 0 spiro atoms. The van der Waals surface area contributed by atoms with E-state index in [0.29, 0.717) is 23.1 Å². The van der Waals surface area contributed by atoms with Crippen LogP contribution in [0, 0.1) is 6.92 Å². The molecule has 3 heterocycles. The highest BCUT2D eigenvalue weighted by atomic mass is 16.5. The van der Waals surface area contributed by atoms with E-state index >= 15 is 0 Å². The Morgan fingerprint density at radius 2 is 1.90 bits per heavy atom. The van der Waals surface area contributed by atoms with Crippen molar-refractivity contribution in [2.45, 2.75) is 19.3 Å². The van der Waals surface area contributed by atoms with Crippen LogP contribution in [0.4, 0.5) is 5.82 Å². The Balaban J connectivity index is 1.76. The van der Waals surface area contributed by atoms with Crippen LogP contribution in [-0.2, 0) is 9.53 Å². The molecule has 0 saturated heterocycles. The number of carbonyl (C=O) groups excluding carboxylic acids is 2. The van der Waals surface area contributed by atoms with Crippen molar-refractivity contribution in [3.8, 4) is 11.7 Å². The molecule has 9 nitrogen and oxygen atoms in total. The van der Waals surface area contributed by atoms with Gasteiger partial charge in [0.15, 0.2) is 5.82 Å². The molecule has 1 atom stereocenters. The standard InChI is InChI=1S/C20H19N5O4/c1-11-18-14(12-4-6-13(7-5-12)20(27)29-3)10-16(26)21-19(18)25(24-11)15-8-9-17(28-2)23-22-15/h4-9,14H,10H2,1-3H3,(H,21,26). The highest BCUT2D eigenvalue weighted by Crippen LogP contribution is 2.40. The van der Waals surface area contributed by atoms with E-state index in [4.69, 9.17) is 9.47 Å². The van der Waals surface area contributed by atoms with Crippen molar-refractivity contribution in [2.75, 3.05) is 19.5 Å². The number of aromatic nitrogens is 4. The van der Waals surface area contributed by atoms with Crippen molar-refractivity contribution in [3.63, 3.8) is 0 Å². The average Bonchev–Trinajstić information content (AvgIpc) is 3.09. The van der Waals surface area contributed by atoms with Gasteiger partial charge in [-0.3, -0.25) is 4.79 Å². The summed E-state index contributed by atoms with van der Waals surface area (Å²) in [4.78, 5) is 24.1. The second-order valence-electron chi connectivity index (χ2n) is 6.61. The normalized spacial score (nSPS) is 15.4. The molecule has 0 fully saturated rings. The molecule has 1 unspecified atom stereocenters. The summed E-state index contributed by atoms with van der Waals surface area (Å²) in [5, 5.41) is 15.6. The van der Waals surface area contributed by atoms with Crippen molar-refractivity contribution in [1.29, 1.82) is 0 Å². The Morgan fingerprint density at radius 3 is 2.52 bits per heavy atom. The Kier molecular flexibility index (Phi) is 4.71. The molecule has 2 aromatic heterocycles. The lowest BCUT2D eigenvalue weighted by Gasteiger charge is -2.24. The smallest absolute Gasteiger partial charge is 0.337 e. The first-order chi connectivity index (χ1) is 14.0. The minimum atomic E-state index is -0.402. The fraction of sp³-hybridized carbons (Fsp3) is 0.250. The highest BCUT2D eigenvalue weighted by Gasteiger charge is 2.33. The molecule has 1 amide bonds. The first-order valence-corrected chi connectivity index (χ1v) is 8.97. The largest absolute Gasteiger partial charge is 0.480 e. The quantitative estimate of drug-likeness (QED) is 0.677. The van der Waals surface area contributed by atoms with Crippen LogP contribution in [0.3, 0.4) is 0 Å². The van der Waals surface area contributed by atoms with Crippen molar-refractivity contribution in [2.24, 2.45) is 0 Å². The number of esters is 1. The molecule has 4 rings (SSSR count). The van der Waals surface area contributed by atoms with Crippen molar-refractivity contribution < 1.29 is 19.1 Å². The number of ether oxygens (including phenoxy) is 2. The van der Waals surface area contributed by atoms with Crippen molar-refractivity contribution >= 4 is 17.7 Å². The zero-order valence-electron chi connectivity index (χ0n) is 16.2. The number of amides is 1. The summed E-state index contributed by atoms with van der Waals surface area (Å²) in [5.74, 6) is 0.713. The maximum atomic E-state index is 12.4. The summed E-state index contributed by atoms with van der Waals surface area (Å²) in [6.07, 6.45) is 0.283. The number of benzene rings is 1. The second-order valence-corrected chi connectivity index (χ2v) is 6.61. The van der Waals surface area contributed by atoms with Crippen LogP contribution in [0.15, 0.2) is 36.4 Å². The van der Waals surface area contributed by atoms with Crippen LogP contribution in [0.1, 0.15) is 39.5 Å². The van der Waals surface area contributed by atoms with Gasteiger partial charge >= 0.3 is 5.97 Å². The maximum absolute atomic E-state index is 12.4.